The number of para-hydroxylation sites is 1. The van der Waals surface area contributed by atoms with Crippen LogP contribution in [0.1, 0.15) is 30.5 Å². The lowest BCUT2D eigenvalue weighted by atomic mass is 10.0. The highest BCUT2D eigenvalue weighted by Crippen LogP contribution is 2.35. The van der Waals surface area contributed by atoms with Crippen molar-refractivity contribution in [3.8, 4) is 0 Å². The van der Waals surface area contributed by atoms with Crippen LogP contribution in [0.3, 0.4) is 0 Å². The van der Waals surface area contributed by atoms with Crippen molar-refractivity contribution in [1.82, 2.24) is 0 Å². The number of thiocarbonyl (C=S) groups is 1. The quantitative estimate of drug-likeness (QED) is 0.508. The predicted molar refractivity (Wildman–Crippen MR) is 96.6 cm³/mol. The van der Waals surface area contributed by atoms with Crippen molar-refractivity contribution in [1.29, 1.82) is 0 Å². The molecule has 0 aliphatic rings. The molecule has 0 heterocycles. The van der Waals surface area contributed by atoms with Crippen LogP contribution in [0.2, 0.25) is 0 Å². The van der Waals surface area contributed by atoms with Gasteiger partial charge in [-0.1, -0.05) is 18.2 Å². The van der Waals surface area contributed by atoms with E-state index in [1.165, 1.54) is 0 Å². The molecule has 0 saturated carbocycles. The summed E-state index contributed by atoms with van der Waals surface area (Å²) >= 11 is 5.15. The molecule has 25 heavy (non-hydrogen) atoms. The number of aryl methyl sites for hydroxylation is 1. The third-order valence-corrected chi connectivity index (χ3v) is 3.80. The molecule has 7 heteroatoms. The van der Waals surface area contributed by atoms with Crippen molar-refractivity contribution in [2.45, 2.75) is 32.6 Å². The van der Waals surface area contributed by atoms with E-state index < -0.39 is 23.0 Å². The third-order valence-electron chi connectivity index (χ3n) is 3.60. The van der Waals surface area contributed by atoms with Crippen LogP contribution in [-0.2, 0) is 11.8 Å². The van der Waals surface area contributed by atoms with Gasteiger partial charge in [-0.25, -0.2) is 17.6 Å². The molecule has 0 saturated heterocycles. The molecule has 2 aromatic carbocycles. The zero-order chi connectivity index (χ0) is 18.8. The standard InChI is InChI=1S/C18H18F4N2S/c1-11-6-4-5-7-15(11)24-16(25)23-14-9-12(17(2,19)20)8-13(10-14)18(3,21)22/h4-10H,1-3H3,(H2,23,24,25). The maximum Gasteiger partial charge on any atom is 0.270 e. The normalized spacial score (nSPS) is 12.0. The van der Waals surface area contributed by atoms with E-state index in [1.54, 1.807) is 6.07 Å². The summed E-state index contributed by atoms with van der Waals surface area (Å²) in [5.74, 6) is -6.49. The lowest BCUT2D eigenvalue weighted by Gasteiger charge is -2.19. The molecule has 0 aromatic heterocycles. The molecule has 2 N–H and O–H groups in total. The highest BCUT2D eigenvalue weighted by atomic mass is 32.1. The Morgan fingerprint density at radius 2 is 1.40 bits per heavy atom. The first-order valence-corrected chi connectivity index (χ1v) is 7.93. The molecular formula is C18H18F4N2S. The third kappa shape index (κ3) is 5.16. The summed E-state index contributed by atoms with van der Waals surface area (Å²) in [6, 6.07) is 10.4. The van der Waals surface area contributed by atoms with Crippen LogP contribution in [0.5, 0.6) is 0 Å². The van der Waals surface area contributed by atoms with E-state index >= 15 is 0 Å². The smallest absolute Gasteiger partial charge is 0.270 e. The van der Waals surface area contributed by atoms with E-state index in [4.69, 9.17) is 12.2 Å². The Bertz CT molecular complexity index is 747. The SMILES string of the molecule is Cc1ccccc1NC(=S)Nc1cc(C(C)(F)F)cc(C(C)(F)F)c1. The molecule has 0 bridgehead atoms. The molecule has 2 aromatic rings. The maximum atomic E-state index is 13.6. The van der Waals surface area contributed by atoms with Gasteiger partial charge in [0, 0.05) is 36.3 Å². The fraction of sp³-hybridized carbons (Fsp3) is 0.278. The molecule has 0 atom stereocenters. The molecule has 0 unspecified atom stereocenters. The monoisotopic (exact) mass is 370 g/mol. The number of alkyl halides is 4. The van der Waals surface area contributed by atoms with Crippen LogP contribution in [0.25, 0.3) is 0 Å². The molecule has 0 aliphatic carbocycles. The molecule has 134 valence electrons. The van der Waals surface area contributed by atoms with E-state index in [1.807, 2.05) is 25.1 Å². The molecule has 0 amide bonds. The summed E-state index contributed by atoms with van der Waals surface area (Å²) in [6.07, 6.45) is 0. The summed E-state index contributed by atoms with van der Waals surface area (Å²) in [5, 5.41) is 5.74. The van der Waals surface area contributed by atoms with Crippen LogP contribution >= 0.6 is 12.2 Å². The lowest BCUT2D eigenvalue weighted by Crippen LogP contribution is -2.21. The minimum absolute atomic E-state index is 0.0710. The number of nitrogens with one attached hydrogen (secondary N) is 2. The predicted octanol–water partition coefficient (Wildman–Crippen LogP) is 6.03. The zero-order valence-corrected chi connectivity index (χ0v) is 14.8. The summed E-state index contributed by atoms with van der Waals surface area (Å²) in [7, 11) is 0. The van der Waals surface area contributed by atoms with E-state index in [9.17, 15) is 17.6 Å². The number of hydrogen-bond acceptors (Lipinski definition) is 1. The molecular weight excluding hydrogens is 352 g/mol. The van der Waals surface area contributed by atoms with E-state index in [-0.39, 0.29) is 10.8 Å². The topological polar surface area (TPSA) is 24.1 Å². The average Bonchev–Trinajstić information content (AvgIpc) is 2.47. The van der Waals surface area contributed by atoms with Gasteiger partial charge >= 0.3 is 0 Å². The van der Waals surface area contributed by atoms with Gasteiger partial charge < -0.3 is 10.6 Å². The van der Waals surface area contributed by atoms with Crippen molar-refractivity contribution in [2.24, 2.45) is 0 Å². The summed E-state index contributed by atoms with van der Waals surface area (Å²) < 4.78 is 54.5. The fourth-order valence-corrected chi connectivity index (χ4v) is 2.43. The average molecular weight is 370 g/mol. The molecule has 0 spiro atoms. The van der Waals surface area contributed by atoms with E-state index in [0.717, 1.165) is 29.4 Å². The van der Waals surface area contributed by atoms with Crippen molar-refractivity contribution in [2.75, 3.05) is 10.6 Å². The van der Waals surface area contributed by atoms with Gasteiger partial charge in [0.15, 0.2) is 5.11 Å². The van der Waals surface area contributed by atoms with Gasteiger partial charge in [0.1, 0.15) is 0 Å². The maximum absolute atomic E-state index is 13.6. The lowest BCUT2D eigenvalue weighted by molar-refractivity contribution is 0.0107. The van der Waals surface area contributed by atoms with Crippen molar-refractivity contribution in [3.63, 3.8) is 0 Å². The molecule has 0 fully saturated rings. The second kappa shape index (κ2) is 7.00. The first-order valence-electron chi connectivity index (χ1n) is 7.52. The second-order valence-electron chi connectivity index (χ2n) is 5.97. The molecule has 2 rings (SSSR count). The Labute approximate surface area is 149 Å². The minimum atomic E-state index is -3.25. The first kappa shape index (κ1) is 19.2. The van der Waals surface area contributed by atoms with Crippen LogP contribution in [0.4, 0.5) is 28.9 Å². The Morgan fingerprint density at radius 1 is 0.880 bits per heavy atom. The van der Waals surface area contributed by atoms with Gasteiger partial charge in [0.2, 0.25) is 0 Å². The number of halogens is 4. The Kier molecular flexibility index (Phi) is 5.37. The zero-order valence-electron chi connectivity index (χ0n) is 14.0. The fourth-order valence-electron chi connectivity index (χ4n) is 2.20. The Balaban J connectivity index is 2.29. The van der Waals surface area contributed by atoms with Crippen molar-refractivity contribution < 1.29 is 17.6 Å². The van der Waals surface area contributed by atoms with Crippen molar-refractivity contribution >= 4 is 28.7 Å². The summed E-state index contributed by atoms with van der Waals surface area (Å²) in [4.78, 5) is 0. The first-order chi connectivity index (χ1) is 11.5. The Hall–Kier alpha value is -2.15. The van der Waals surface area contributed by atoms with Crippen LogP contribution in [0.15, 0.2) is 42.5 Å². The summed E-state index contributed by atoms with van der Waals surface area (Å²) in [6.45, 7) is 3.19. The van der Waals surface area contributed by atoms with Gasteiger partial charge in [-0.3, -0.25) is 0 Å². The van der Waals surface area contributed by atoms with E-state index in [0.29, 0.717) is 13.8 Å². The number of benzene rings is 2. The highest BCUT2D eigenvalue weighted by Gasteiger charge is 2.31. The van der Waals surface area contributed by atoms with Crippen LogP contribution in [0, 0.1) is 6.92 Å². The molecule has 0 aliphatic heterocycles. The van der Waals surface area contributed by atoms with E-state index in [2.05, 4.69) is 10.6 Å². The van der Waals surface area contributed by atoms with Crippen LogP contribution in [-0.4, -0.2) is 5.11 Å². The van der Waals surface area contributed by atoms with Gasteiger partial charge in [-0.2, -0.15) is 0 Å². The molecule has 2 nitrogen and oxygen atoms in total. The van der Waals surface area contributed by atoms with Gasteiger partial charge in [0.05, 0.1) is 0 Å². The minimum Gasteiger partial charge on any atom is -0.332 e. The largest absolute Gasteiger partial charge is 0.332 e. The van der Waals surface area contributed by atoms with Gasteiger partial charge in [-0.05, 0) is 49.0 Å². The second-order valence-corrected chi connectivity index (χ2v) is 6.38. The summed E-state index contributed by atoms with van der Waals surface area (Å²) in [5.41, 5.74) is 0.723. The number of rotatable bonds is 4. The van der Waals surface area contributed by atoms with Crippen molar-refractivity contribution in [3.05, 3.63) is 59.2 Å². The number of hydrogen-bond donors (Lipinski definition) is 2. The molecule has 0 radical (unpaired) electrons. The Morgan fingerprint density at radius 3 is 1.88 bits per heavy atom. The number of anilines is 2. The van der Waals surface area contributed by atoms with Gasteiger partial charge in [0.25, 0.3) is 11.8 Å². The van der Waals surface area contributed by atoms with Crippen LogP contribution < -0.4 is 10.6 Å². The highest BCUT2D eigenvalue weighted by molar-refractivity contribution is 7.80. The van der Waals surface area contributed by atoms with Gasteiger partial charge in [-0.15, -0.1) is 0 Å².